The fraction of sp³-hybridized carbons (Fsp3) is 0.500. The van der Waals surface area contributed by atoms with Crippen molar-refractivity contribution in [2.75, 3.05) is 19.6 Å². The Morgan fingerprint density at radius 1 is 1.17 bits per heavy atom. The third-order valence-electron chi connectivity index (χ3n) is 4.86. The quantitative estimate of drug-likeness (QED) is 0.849. The van der Waals surface area contributed by atoms with Crippen LogP contribution >= 0.6 is 12.4 Å². The number of nitrogens with zero attached hydrogens (tertiary/aromatic N) is 1. The molecule has 3 rings (SSSR count). The highest BCUT2D eigenvalue weighted by atomic mass is 35.5. The molecule has 126 valence electrons. The van der Waals surface area contributed by atoms with E-state index in [2.05, 4.69) is 36.9 Å². The van der Waals surface area contributed by atoms with E-state index in [0.717, 1.165) is 6.42 Å². The summed E-state index contributed by atoms with van der Waals surface area (Å²) in [7, 11) is 0. The normalized spacial score (nSPS) is 17.8. The minimum atomic E-state index is 0. The highest BCUT2D eigenvalue weighted by Crippen LogP contribution is 2.29. The van der Waals surface area contributed by atoms with Crippen molar-refractivity contribution in [3.8, 4) is 5.75 Å². The summed E-state index contributed by atoms with van der Waals surface area (Å²) < 4.78 is 0. The zero-order valence-electron chi connectivity index (χ0n) is 14.2. The summed E-state index contributed by atoms with van der Waals surface area (Å²) in [4.78, 5) is 2.62. The largest absolute Gasteiger partial charge is 0.508 e. The van der Waals surface area contributed by atoms with Gasteiger partial charge in [-0.15, -0.1) is 12.4 Å². The van der Waals surface area contributed by atoms with Gasteiger partial charge in [0.2, 0.25) is 0 Å². The van der Waals surface area contributed by atoms with Gasteiger partial charge in [-0.05, 0) is 72.7 Å². The Hall–Kier alpha value is -1.25. The van der Waals surface area contributed by atoms with Gasteiger partial charge in [-0.1, -0.05) is 38.1 Å². The summed E-state index contributed by atoms with van der Waals surface area (Å²) in [6.07, 6.45) is 4.95. The highest BCUT2D eigenvalue weighted by molar-refractivity contribution is 5.87. The monoisotopic (exact) mass is 333 g/mol. The molecule has 1 saturated heterocycles. The first-order valence-electron chi connectivity index (χ1n) is 8.47. The van der Waals surface area contributed by atoms with E-state index < -0.39 is 0 Å². The molecule has 1 aliphatic rings. The molecule has 0 atom stereocenters. The van der Waals surface area contributed by atoms with Gasteiger partial charge in [-0.25, -0.2) is 0 Å². The smallest absolute Gasteiger partial charge is 0.116 e. The van der Waals surface area contributed by atoms with Crippen molar-refractivity contribution in [3.63, 3.8) is 0 Å². The van der Waals surface area contributed by atoms with E-state index in [-0.39, 0.29) is 12.4 Å². The Bertz CT molecular complexity index is 653. The van der Waals surface area contributed by atoms with Crippen molar-refractivity contribution in [2.24, 2.45) is 5.41 Å². The molecule has 1 N–H and O–H groups in total. The molecule has 2 aromatic carbocycles. The van der Waals surface area contributed by atoms with Crippen molar-refractivity contribution in [1.82, 2.24) is 4.90 Å². The fourth-order valence-electron chi connectivity index (χ4n) is 3.77. The first kappa shape index (κ1) is 18.1. The topological polar surface area (TPSA) is 23.5 Å². The van der Waals surface area contributed by atoms with Gasteiger partial charge in [-0.3, -0.25) is 0 Å². The maximum atomic E-state index is 9.73. The predicted molar refractivity (Wildman–Crippen MR) is 101 cm³/mol. The van der Waals surface area contributed by atoms with Crippen LogP contribution < -0.4 is 0 Å². The standard InChI is InChI=1S/C20H27NO.ClH/c1-20(2)11-5-13-21(15-20)12-4-8-16-6-3-7-17-9-10-18(22)14-19(16)17;/h3,6-7,9-10,14,22H,4-5,8,11-13,15H2,1-2H3;1H. The number of aromatic hydroxyl groups is 1. The molecule has 0 radical (unpaired) electrons. The summed E-state index contributed by atoms with van der Waals surface area (Å²) in [5, 5.41) is 12.1. The Labute approximate surface area is 145 Å². The van der Waals surface area contributed by atoms with Crippen LogP contribution in [0.15, 0.2) is 36.4 Å². The Kier molecular flexibility index (Phi) is 5.94. The summed E-state index contributed by atoms with van der Waals surface area (Å²) in [6, 6.07) is 12.1. The maximum absolute atomic E-state index is 9.73. The molecule has 0 spiro atoms. The van der Waals surface area contributed by atoms with Crippen LogP contribution in [0.3, 0.4) is 0 Å². The van der Waals surface area contributed by atoms with E-state index in [1.54, 1.807) is 6.07 Å². The number of likely N-dealkylation sites (tertiary alicyclic amines) is 1. The van der Waals surface area contributed by atoms with Gasteiger partial charge in [0.25, 0.3) is 0 Å². The van der Waals surface area contributed by atoms with Crippen LogP contribution in [0.5, 0.6) is 5.75 Å². The van der Waals surface area contributed by atoms with Gasteiger partial charge in [-0.2, -0.15) is 0 Å². The lowest BCUT2D eigenvalue weighted by Gasteiger charge is -2.38. The first-order chi connectivity index (χ1) is 10.5. The SMILES string of the molecule is CC1(C)CCCN(CCCc2cccc3ccc(O)cc23)C1.Cl. The maximum Gasteiger partial charge on any atom is 0.116 e. The van der Waals surface area contributed by atoms with Crippen molar-refractivity contribution < 1.29 is 5.11 Å². The second-order valence-corrected chi connectivity index (χ2v) is 7.47. The van der Waals surface area contributed by atoms with Gasteiger partial charge >= 0.3 is 0 Å². The molecular weight excluding hydrogens is 306 g/mol. The van der Waals surface area contributed by atoms with Crippen molar-refractivity contribution >= 4 is 23.2 Å². The predicted octanol–water partition coefficient (Wildman–Crippen LogP) is 5.02. The van der Waals surface area contributed by atoms with E-state index in [4.69, 9.17) is 0 Å². The third-order valence-corrected chi connectivity index (χ3v) is 4.86. The zero-order chi connectivity index (χ0) is 15.6. The number of aryl methyl sites for hydroxylation is 1. The van der Waals surface area contributed by atoms with E-state index in [9.17, 15) is 5.11 Å². The van der Waals surface area contributed by atoms with Crippen LogP contribution in [-0.2, 0) is 6.42 Å². The number of hydrogen-bond donors (Lipinski definition) is 1. The highest BCUT2D eigenvalue weighted by Gasteiger charge is 2.25. The zero-order valence-corrected chi connectivity index (χ0v) is 15.0. The van der Waals surface area contributed by atoms with Crippen LogP contribution in [0.4, 0.5) is 0 Å². The number of hydrogen-bond acceptors (Lipinski definition) is 2. The molecule has 2 nitrogen and oxygen atoms in total. The van der Waals surface area contributed by atoms with E-state index >= 15 is 0 Å². The van der Waals surface area contributed by atoms with Gasteiger partial charge in [0.05, 0.1) is 0 Å². The first-order valence-corrected chi connectivity index (χ1v) is 8.47. The van der Waals surface area contributed by atoms with Gasteiger partial charge in [0, 0.05) is 6.54 Å². The molecule has 23 heavy (non-hydrogen) atoms. The van der Waals surface area contributed by atoms with Crippen molar-refractivity contribution in [1.29, 1.82) is 0 Å². The fourth-order valence-corrected chi connectivity index (χ4v) is 3.77. The molecule has 0 amide bonds. The van der Waals surface area contributed by atoms with E-state index in [1.165, 1.54) is 55.2 Å². The van der Waals surface area contributed by atoms with E-state index in [0.29, 0.717) is 11.2 Å². The lowest BCUT2D eigenvalue weighted by molar-refractivity contribution is 0.117. The number of halogens is 1. The van der Waals surface area contributed by atoms with Crippen LogP contribution in [0, 0.1) is 5.41 Å². The molecule has 3 heteroatoms. The van der Waals surface area contributed by atoms with Crippen LogP contribution in [0.2, 0.25) is 0 Å². The summed E-state index contributed by atoms with van der Waals surface area (Å²) >= 11 is 0. The van der Waals surface area contributed by atoms with Crippen LogP contribution in [-0.4, -0.2) is 29.6 Å². The summed E-state index contributed by atoms with van der Waals surface area (Å²) in [6.45, 7) is 8.42. The Morgan fingerprint density at radius 2 is 2.00 bits per heavy atom. The molecule has 0 aliphatic carbocycles. The Morgan fingerprint density at radius 3 is 2.78 bits per heavy atom. The number of phenolic OH excluding ortho intramolecular Hbond substituents is 1. The van der Waals surface area contributed by atoms with Crippen molar-refractivity contribution in [3.05, 3.63) is 42.0 Å². The van der Waals surface area contributed by atoms with Crippen LogP contribution in [0.1, 0.15) is 38.7 Å². The molecule has 1 heterocycles. The minimum Gasteiger partial charge on any atom is -0.508 e. The number of phenols is 1. The number of fused-ring (bicyclic) bond motifs is 1. The number of piperidine rings is 1. The summed E-state index contributed by atoms with van der Waals surface area (Å²) in [5.74, 6) is 0.359. The average molecular weight is 334 g/mol. The molecular formula is C20H28ClNO. The molecule has 0 bridgehead atoms. The van der Waals surface area contributed by atoms with Gasteiger partial charge in [0.15, 0.2) is 0 Å². The lowest BCUT2D eigenvalue weighted by Crippen LogP contribution is -2.40. The van der Waals surface area contributed by atoms with Crippen LogP contribution in [0.25, 0.3) is 10.8 Å². The second kappa shape index (κ2) is 7.55. The molecule has 1 aliphatic heterocycles. The molecule has 0 aromatic heterocycles. The molecule has 0 unspecified atom stereocenters. The van der Waals surface area contributed by atoms with Crippen molar-refractivity contribution in [2.45, 2.75) is 39.5 Å². The number of benzene rings is 2. The Balaban J connectivity index is 0.00000192. The average Bonchev–Trinajstić information content (AvgIpc) is 2.47. The lowest BCUT2D eigenvalue weighted by atomic mass is 9.84. The molecule has 2 aromatic rings. The second-order valence-electron chi connectivity index (χ2n) is 7.47. The third kappa shape index (κ3) is 4.62. The van der Waals surface area contributed by atoms with Gasteiger partial charge < -0.3 is 10.0 Å². The molecule has 1 fully saturated rings. The van der Waals surface area contributed by atoms with Gasteiger partial charge in [0.1, 0.15) is 5.75 Å². The van der Waals surface area contributed by atoms with E-state index in [1.807, 2.05) is 12.1 Å². The summed E-state index contributed by atoms with van der Waals surface area (Å²) in [5.41, 5.74) is 1.83. The molecule has 0 saturated carbocycles. The minimum absolute atomic E-state index is 0. The number of rotatable bonds is 4.